The van der Waals surface area contributed by atoms with E-state index in [4.69, 9.17) is 0 Å². The van der Waals surface area contributed by atoms with Gasteiger partial charge in [0.15, 0.2) is 0 Å². The number of rotatable bonds is 7. The second-order valence-electron chi connectivity index (χ2n) is 6.62. The molecule has 0 spiro atoms. The van der Waals surface area contributed by atoms with Crippen molar-refractivity contribution in [3.63, 3.8) is 0 Å². The predicted octanol–water partition coefficient (Wildman–Crippen LogP) is 1.60. The lowest BCUT2D eigenvalue weighted by Crippen LogP contribution is -2.48. The number of thiazole rings is 1. The summed E-state index contributed by atoms with van der Waals surface area (Å²) in [7, 11) is -3.75. The van der Waals surface area contributed by atoms with Gasteiger partial charge in [-0.25, -0.2) is 22.5 Å². The molecule has 2 heterocycles. The third kappa shape index (κ3) is 5.57. The van der Waals surface area contributed by atoms with Crippen LogP contribution in [-0.4, -0.2) is 61.8 Å². The van der Waals surface area contributed by atoms with Crippen LogP contribution in [0.25, 0.3) is 0 Å². The number of hydrogen-bond donors (Lipinski definition) is 1. The van der Waals surface area contributed by atoms with Crippen LogP contribution in [0.3, 0.4) is 0 Å². The third-order valence-corrected chi connectivity index (χ3v) is 6.83. The number of aryl methyl sites for hydroxylation is 1. The number of carbonyl (C=O) groups excluding carboxylic acids is 1. The molecule has 0 unspecified atom stereocenters. The predicted molar refractivity (Wildman–Crippen MR) is 105 cm³/mol. The summed E-state index contributed by atoms with van der Waals surface area (Å²) < 4.78 is 39.6. The molecule has 1 aromatic carbocycles. The summed E-state index contributed by atoms with van der Waals surface area (Å²) >= 11 is 1.63. The molecule has 0 radical (unpaired) electrons. The number of sulfonamides is 1. The fourth-order valence-corrected chi connectivity index (χ4v) is 4.65. The Morgan fingerprint density at radius 3 is 2.50 bits per heavy atom. The number of aromatic nitrogens is 1. The van der Waals surface area contributed by atoms with E-state index in [0.717, 1.165) is 42.5 Å². The topological polar surface area (TPSA) is 82.6 Å². The Morgan fingerprint density at radius 1 is 1.21 bits per heavy atom. The molecule has 10 heteroatoms. The van der Waals surface area contributed by atoms with Gasteiger partial charge in [0, 0.05) is 51.1 Å². The Bertz CT molecular complexity index is 907. The smallest absolute Gasteiger partial charge is 0.240 e. The minimum Gasteiger partial charge on any atom is -0.340 e. The first-order valence-corrected chi connectivity index (χ1v) is 11.4. The molecule has 1 aliphatic heterocycles. The summed E-state index contributed by atoms with van der Waals surface area (Å²) in [5.74, 6) is -0.579. The van der Waals surface area contributed by atoms with E-state index in [2.05, 4.69) is 20.0 Å². The van der Waals surface area contributed by atoms with E-state index >= 15 is 0 Å². The molecule has 0 saturated carbocycles. The van der Waals surface area contributed by atoms with E-state index in [1.807, 2.05) is 6.92 Å². The van der Waals surface area contributed by atoms with Crippen LogP contribution in [0, 0.1) is 12.7 Å². The van der Waals surface area contributed by atoms with E-state index in [-0.39, 0.29) is 23.8 Å². The van der Waals surface area contributed by atoms with Crippen LogP contribution >= 0.6 is 11.3 Å². The lowest BCUT2D eigenvalue weighted by molar-refractivity contribution is -0.132. The fourth-order valence-electron chi connectivity index (χ4n) is 3.01. The van der Waals surface area contributed by atoms with Crippen molar-refractivity contribution in [2.75, 3.05) is 32.7 Å². The van der Waals surface area contributed by atoms with Crippen LogP contribution in [-0.2, 0) is 21.4 Å². The van der Waals surface area contributed by atoms with Crippen LogP contribution in [0.1, 0.15) is 17.1 Å². The van der Waals surface area contributed by atoms with Gasteiger partial charge in [0.25, 0.3) is 0 Å². The average Bonchev–Trinajstić information content (AvgIpc) is 3.07. The van der Waals surface area contributed by atoms with Gasteiger partial charge in [-0.3, -0.25) is 9.69 Å². The van der Waals surface area contributed by atoms with Gasteiger partial charge in [0.1, 0.15) is 5.82 Å². The Balaban J connectivity index is 1.41. The van der Waals surface area contributed by atoms with Crippen LogP contribution < -0.4 is 4.72 Å². The number of halogens is 1. The SMILES string of the molecule is Cc1nc(CN2CCN(C(=O)CCNS(=O)(=O)c3ccc(F)cc3)CC2)cs1. The van der Waals surface area contributed by atoms with Gasteiger partial charge in [-0.05, 0) is 31.2 Å². The first-order chi connectivity index (χ1) is 13.3. The highest BCUT2D eigenvalue weighted by atomic mass is 32.2. The van der Waals surface area contributed by atoms with Gasteiger partial charge in [-0.1, -0.05) is 0 Å². The molecule has 1 saturated heterocycles. The normalized spacial score (nSPS) is 15.7. The van der Waals surface area contributed by atoms with Crippen molar-refractivity contribution < 1.29 is 17.6 Å². The summed E-state index contributed by atoms with van der Waals surface area (Å²) in [6.07, 6.45) is 0.0890. The molecule has 1 aromatic heterocycles. The highest BCUT2D eigenvalue weighted by Gasteiger charge is 2.22. The summed E-state index contributed by atoms with van der Waals surface area (Å²) in [5, 5.41) is 3.10. The minimum absolute atomic E-state index is 0.0108. The van der Waals surface area contributed by atoms with Crippen LogP contribution in [0.5, 0.6) is 0 Å². The quantitative estimate of drug-likeness (QED) is 0.727. The van der Waals surface area contributed by atoms with E-state index in [9.17, 15) is 17.6 Å². The molecule has 152 valence electrons. The molecule has 7 nitrogen and oxygen atoms in total. The summed E-state index contributed by atoms with van der Waals surface area (Å²) in [6, 6.07) is 4.57. The van der Waals surface area contributed by atoms with E-state index in [1.54, 1.807) is 16.2 Å². The van der Waals surface area contributed by atoms with E-state index in [1.165, 1.54) is 12.1 Å². The highest BCUT2D eigenvalue weighted by molar-refractivity contribution is 7.89. The molecule has 1 aliphatic rings. The Kier molecular flexibility index (Phi) is 6.76. The number of nitrogens with zero attached hydrogens (tertiary/aromatic N) is 3. The number of hydrogen-bond acceptors (Lipinski definition) is 6. The number of nitrogens with one attached hydrogen (secondary N) is 1. The second kappa shape index (κ2) is 9.08. The van der Waals surface area contributed by atoms with Gasteiger partial charge in [-0.2, -0.15) is 0 Å². The molecule has 1 N–H and O–H groups in total. The summed E-state index contributed by atoms with van der Waals surface area (Å²) in [4.78, 5) is 20.8. The molecule has 0 bridgehead atoms. The Labute approximate surface area is 168 Å². The average molecular weight is 427 g/mol. The lowest BCUT2D eigenvalue weighted by atomic mass is 10.2. The van der Waals surface area contributed by atoms with Gasteiger partial charge in [0.2, 0.25) is 15.9 Å². The van der Waals surface area contributed by atoms with Crippen molar-refractivity contribution in [2.45, 2.75) is 24.8 Å². The molecule has 1 fully saturated rings. The molecule has 0 aliphatic carbocycles. The largest absolute Gasteiger partial charge is 0.340 e. The summed E-state index contributed by atoms with van der Waals surface area (Å²) in [6.45, 7) is 5.54. The maximum Gasteiger partial charge on any atom is 0.240 e. The lowest BCUT2D eigenvalue weighted by Gasteiger charge is -2.34. The standard InChI is InChI=1S/C18H23FN4O3S2/c1-14-21-16(13-27-14)12-22-8-10-23(11-9-22)18(24)6-7-20-28(25,26)17-4-2-15(19)3-5-17/h2-5,13,20H,6-12H2,1H3. The number of piperazine rings is 1. The maximum absolute atomic E-state index is 12.9. The van der Waals surface area contributed by atoms with E-state index in [0.29, 0.717) is 13.1 Å². The van der Waals surface area contributed by atoms with Crippen LogP contribution in [0.4, 0.5) is 4.39 Å². The van der Waals surface area contributed by atoms with Crippen LogP contribution in [0.15, 0.2) is 34.5 Å². The zero-order chi connectivity index (χ0) is 20.1. The maximum atomic E-state index is 12.9. The number of benzene rings is 1. The minimum atomic E-state index is -3.75. The van der Waals surface area contributed by atoms with Crippen molar-refractivity contribution in [1.29, 1.82) is 0 Å². The molecule has 28 heavy (non-hydrogen) atoms. The van der Waals surface area contributed by atoms with Gasteiger partial charge in [-0.15, -0.1) is 11.3 Å². The molecule has 2 aromatic rings. The Morgan fingerprint density at radius 2 is 1.89 bits per heavy atom. The monoisotopic (exact) mass is 426 g/mol. The van der Waals surface area contributed by atoms with Gasteiger partial charge < -0.3 is 4.90 Å². The Hall–Kier alpha value is -1.88. The fraction of sp³-hybridized carbons (Fsp3) is 0.444. The van der Waals surface area contributed by atoms with E-state index < -0.39 is 15.8 Å². The summed E-state index contributed by atoms with van der Waals surface area (Å²) in [5.41, 5.74) is 1.05. The van der Waals surface area contributed by atoms with Crippen LogP contribution in [0.2, 0.25) is 0 Å². The zero-order valence-electron chi connectivity index (χ0n) is 15.6. The van der Waals surface area contributed by atoms with Crippen molar-refractivity contribution >= 4 is 27.3 Å². The molecular weight excluding hydrogens is 403 g/mol. The molecule has 3 rings (SSSR count). The van der Waals surface area contributed by atoms with Gasteiger partial charge in [0.05, 0.1) is 15.6 Å². The first-order valence-electron chi connectivity index (χ1n) is 9.00. The van der Waals surface area contributed by atoms with Crippen molar-refractivity contribution in [3.8, 4) is 0 Å². The van der Waals surface area contributed by atoms with Gasteiger partial charge >= 0.3 is 0 Å². The number of amides is 1. The first kappa shape index (κ1) is 20.8. The van der Waals surface area contributed by atoms with Crippen molar-refractivity contribution in [2.24, 2.45) is 0 Å². The second-order valence-corrected chi connectivity index (χ2v) is 9.45. The number of carbonyl (C=O) groups is 1. The van der Waals surface area contributed by atoms with Crippen molar-refractivity contribution in [1.82, 2.24) is 19.5 Å². The van der Waals surface area contributed by atoms with Crippen molar-refractivity contribution in [3.05, 3.63) is 46.2 Å². The molecule has 1 amide bonds. The zero-order valence-corrected chi connectivity index (χ0v) is 17.2. The molecular formula is C18H23FN4O3S2. The third-order valence-electron chi connectivity index (χ3n) is 4.53. The highest BCUT2D eigenvalue weighted by Crippen LogP contribution is 2.13. The molecule has 0 atom stereocenters.